The van der Waals surface area contributed by atoms with Gasteiger partial charge in [-0.15, -0.1) is 0 Å². The third-order valence-corrected chi connectivity index (χ3v) is 3.40. The summed E-state index contributed by atoms with van der Waals surface area (Å²) in [6, 6.07) is 11.0. The summed E-state index contributed by atoms with van der Waals surface area (Å²) in [7, 11) is 0. The SMILES string of the molecule is N#Cc1cccc(Nc2cc(C3CC3)nc(NCC(=O)O)n2)c1. The lowest BCUT2D eigenvalue weighted by Gasteiger charge is -2.10. The average molecular weight is 309 g/mol. The molecule has 0 aliphatic heterocycles. The fraction of sp³-hybridized carbons (Fsp3) is 0.250. The van der Waals surface area contributed by atoms with Gasteiger partial charge in [0.2, 0.25) is 5.95 Å². The predicted molar refractivity (Wildman–Crippen MR) is 84.6 cm³/mol. The van der Waals surface area contributed by atoms with Gasteiger partial charge in [-0.3, -0.25) is 4.79 Å². The zero-order chi connectivity index (χ0) is 16.2. The number of aliphatic carboxylic acids is 1. The van der Waals surface area contributed by atoms with Gasteiger partial charge in [-0.25, -0.2) is 4.98 Å². The molecule has 0 atom stereocenters. The van der Waals surface area contributed by atoms with Crippen LogP contribution in [-0.2, 0) is 4.79 Å². The highest BCUT2D eigenvalue weighted by Gasteiger charge is 2.26. The number of nitrogens with zero attached hydrogens (tertiary/aromatic N) is 3. The molecule has 0 bridgehead atoms. The molecule has 7 heteroatoms. The summed E-state index contributed by atoms with van der Waals surface area (Å²) in [6.07, 6.45) is 2.16. The molecule has 1 aromatic carbocycles. The summed E-state index contributed by atoms with van der Waals surface area (Å²) in [6.45, 7) is -0.239. The maximum atomic E-state index is 10.7. The number of benzene rings is 1. The van der Waals surface area contributed by atoms with Crippen LogP contribution < -0.4 is 10.6 Å². The minimum absolute atomic E-state index is 0.239. The van der Waals surface area contributed by atoms with Crippen LogP contribution in [0.15, 0.2) is 30.3 Å². The van der Waals surface area contributed by atoms with Gasteiger partial charge in [-0.05, 0) is 31.0 Å². The standard InChI is InChI=1S/C16H15N5O2/c17-8-10-2-1-3-12(6-10)19-14-7-13(11-4-5-11)20-16(21-14)18-9-15(22)23/h1-3,6-7,11H,4-5,9H2,(H,22,23)(H2,18,19,20,21). The molecule has 1 aliphatic carbocycles. The number of hydrogen-bond acceptors (Lipinski definition) is 6. The minimum atomic E-state index is -0.971. The van der Waals surface area contributed by atoms with Crippen LogP contribution in [0.4, 0.5) is 17.5 Å². The molecule has 1 saturated carbocycles. The Morgan fingerprint density at radius 1 is 1.35 bits per heavy atom. The number of nitrogens with one attached hydrogen (secondary N) is 2. The third kappa shape index (κ3) is 3.95. The van der Waals surface area contributed by atoms with Gasteiger partial charge >= 0.3 is 5.97 Å². The Bertz CT molecular complexity index is 780. The summed E-state index contributed by atoms with van der Waals surface area (Å²) in [4.78, 5) is 19.3. The number of hydrogen-bond donors (Lipinski definition) is 3. The molecule has 1 aliphatic rings. The van der Waals surface area contributed by atoms with Crippen LogP contribution in [0.1, 0.15) is 30.0 Å². The number of carboxylic acid groups (broad SMARTS) is 1. The van der Waals surface area contributed by atoms with Crippen molar-refractivity contribution in [3.8, 4) is 6.07 Å². The first-order valence-corrected chi connectivity index (χ1v) is 7.26. The first-order valence-electron chi connectivity index (χ1n) is 7.26. The molecule has 7 nitrogen and oxygen atoms in total. The number of carbonyl (C=O) groups is 1. The fourth-order valence-electron chi connectivity index (χ4n) is 2.17. The zero-order valence-electron chi connectivity index (χ0n) is 12.3. The summed E-state index contributed by atoms with van der Waals surface area (Å²) in [5.74, 6) is 0.302. The summed E-state index contributed by atoms with van der Waals surface area (Å²) >= 11 is 0. The summed E-state index contributed by atoms with van der Waals surface area (Å²) in [5, 5.41) is 23.6. The monoisotopic (exact) mass is 309 g/mol. The molecule has 1 fully saturated rings. The van der Waals surface area contributed by atoms with Crippen molar-refractivity contribution in [2.24, 2.45) is 0 Å². The quantitative estimate of drug-likeness (QED) is 0.751. The fourth-order valence-corrected chi connectivity index (χ4v) is 2.17. The van der Waals surface area contributed by atoms with Crippen LogP contribution in [0, 0.1) is 11.3 Å². The van der Waals surface area contributed by atoms with Crippen molar-refractivity contribution in [1.82, 2.24) is 9.97 Å². The number of aromatic nitrogens is 2. The molecule has 0 spiro atoms. The Hall–Kier alpha value is -3.14. The minimum Gasteiger partial charge on any atom is -0.480 e. The molecule has 116 valence electrons. The van der Waals surface area contributed by atoms with Gasteiger partial charge in [0.1, 0.15) is 12.4 Å². The smallest absolute Gasteiger partial charge is 0.322 e. The van der Waals surface area contributed by atoms with Gasteiger partial charge in [0, 0.05) is 17.7 Å². The lowest BCUT2D eigenvalue weighted by molar-refractivity contribution is -0.134. The lowest BCUT2D eigenvalue weighted by Crippen LogP contribution is -2.15. The van der Waals surface area contributed by atoms with Gasteiger partial charge in [0.05, 0.1) is 17.3 Å². The summed E-state index contributed by atoms with van der Waals surface area (Å²) < 4.78 is 0. The topological polar surface area (TPSA) is 111 Å². The van der Waals surface area contributed by atoms with E-state index < -0.39 is 5.97 Å². The first kappa shape index (κ1) is 14.8. The highest BCUT2D eigenvalue weighted by Crippen LogP contribution is 2.40. The van der Waals surface area contributed by atoms with E-state index in [4.69, 9.17) is 10.4 Å². The zero-order valence-corrected chi connectivity index (χ0v) is 12.3. The van der Waals surface area contributed by atoms with E-state index in [2.05, 4.69) is 26.7 Å². The third-order valence-electron chi connectivity index (χ3n) is 3.40. The lowest BCUT2D eigenvalue weighted by atomic mass is 10.2. The Labute approximate surface area is 133 Å². The van der Waals surface area contributed by atoms with Crippen LogP contribution in [0.5, 0.6) is 0 Å². The molecule has 0 saturated heterocycles. The Balaban J connectivity index is 1.84. The molecular weight excluding hydrogens is 294 g/mol. The maximum absolute atomic E-state index is 10.7. The van der Waals surface area contributed by atoms with Crippen LogP contribution in [0.2, 0.25) is 0 Å². The predicted octanol–water partition coefficient (Wildman–Crippen LogP) is 2.47. The number of anilines is 3. The number of carboxylic acids is 1. The van der Waals surface area contributed by atoms with Gasteiger partial charge in [0.25, 0.3) is 0 Å². The van der Waals surface area contributed by atoms with Gasteiger partial charge in [-0.2, -0.15) is 10.2 Å². The van der Waals surface area contributed by atoms with Crippen molar-refractivity contribution < 1.29 is 9.90 Å². The Kier molecular flexibility index (Phi) is 4.06. The van der Waals surface area contributed by atoms with E-state index >= 15 is 0 Å². The van der Waals surface area contributed by atoms with E-state index in [0.29, 0.717) is 17.3 Å². The molecule has 3 N–H and O–H groups in total. The number of rotatable bonds is 6. The molecule has 23 heavy (non-hydrogen) atoms. The van der Waals surface area contributed by atoms with E-state index in [-0.39, 0.29) is 12.5 Å². The average Bonchev–Trinajstić information content (AvgIpc) is 3.38. The molecule has 3 rings (SSSR count). The van der Waals surface area contributed by atoms with Gasteiger partial charge in [0.15, 0.2) is 0 Å². The summed E-state index contributed by atoms with van der Waals surface area (Å²) in [5.41, 5.74) is 2.19. The maximum Gasteiger partial charge on any atom is 0.322 e. The van der Waals surface area contributed by atoms with Crippen molar-refractivity contribution >= 4 is 23.4 Å². The van der Waals surface area contributed by atoms with Crippen molar-refractivity contribution in [3.05, 3.63) is 41.6 Å². The first-order chi connectivity index (χ1) is 11.1. The highest BCUT2D eigenvalue weighted by molar-refractivity contribution is 5.72. The van der Waals surface area contributed by atoms with Crippen molar-refractivity contribution in [3.63, 3.8) is 0 Å². The van der Waals surface area contributed by atoms with E-state index in [1.54, 1.807) is 18.2 Å². The van der Waals surface area contributed by atoms with E-state index in [1.165, 1.54) is 0 Å². The van der Waals surface area contributed by atoms with Crippen molar-refractivity contribution in [2.45, 2.75) is 18.8 Å². The second-order valence-electron chi connectivity index (χ2n) is 5.34. The molecule has 1 heterocycles. The Morgan fingerprint density at radius 3 is 2.87 bits per heavy atom. The molecule has 0 radical (unpaired) electrons. The van der Waals surface area contributed by atoms with Crippen LogP contribution >= 0.6 is 0 Å². The van der Waals surface area contributed by atoms with E-state index in [0.717, 1.165) is 24.2 Å². The molecule has 0 unspecified atom stereocenters. The molecule has 2 aromatic rings. The second kappa shape index (κ2) is 6.32. The molecular formula is C16H15N5O2. The van der Waals surface area contributed by atoms with E-state index in [1.807, 2.05) is 12.1 Å². The van der Waals surface area contributed by atoms with E-state index in [9.17, 15) is 4.79 Å². The van der Waals surface area contributed by atoms with Crippen molar-refractivity contribution in [2.75, 3.05) is 17.2 Å². The second-order valence-corrected chi connectivity index (χ2v) is 5.34. The van der Waals surface area contributed by atoms with Crippen LogP contribution in [-0.4, -0.2) is 27.6 Å². The van der Waals surface area contributed by atoms with Gasteiger partial charge in [-0.1, -0.05) is 6.07 Å². The van der Waals surface area contributed by atoms with Gasteiger partial charge < -0.3 is 15.7 Å². The Morgan fingerprint density at radius 2 is 2.17 bits per heavy atom. The van der Waals surface area contributed by atoms with Crippen molar-refractivity contribution in [1.29, 1.82) is 5.26 Å². The highest BCUT2D eigenvalue weighted by atomic mass is 16.4. The number of nitriles is 1. The van der Waals surface area contributed by atoms with Crippen LogP contribution in [0.3, 0.4) is 0 Å². The van der Waals surface area contributed by atoms with Crippen LogP contribution in [0.25, 0.3) is 0 Å². The molecule has 0 amide bonds. The molecule has 1 aromatic heterocycles. The largest absolute Gasteiger partial charge is 0.480 e. The normalized spacial score (nSPS) is 13.2.